The Bertz CT molecular complexity index is 361. The van der Waals surface area contributed by atoms with Crippen LogP contribution < -0.4 is 5.32 Å². The van der Waals surface area contributed by atoms with Crippen molar-refractivity contribution < 1.29 is 9.90 Å². The van der Waals surface area contributed by atoms with E-state index in [-0.39, 0.29) is 0 Å². The lowest BCUT2D eigenvalue weighted by Crippen LogP contribution is -2.20. The highest BCUT2D eigenvalue weighted by molar-refractivity contribution is 5.89. The van der Waals surface area contributed by atoms with Crippen LogP contribution in [0, 0.1) is 5.92 Å². The van der Waals surface area contributed by atoms with Gasteiger partial charge in [-0.2, -0.15) is 0 Å². The van der Waals surface area contributed by atoms with Gasteiger partial charge in [-0.25, -0.2) is 4.79 Å². The van der Waals surface area contributed by atoms with E-state index in [9.17, 15) is 4.79 Å². The summed E-state index contributed by atoms with van der Waals surface area (Å²) in [6, 6.07) is 7.19. The first kappa shape index (κ1) is 13.7. The fraction of sp³-hybridized carbons (Fsp3) is 0.500. The van der Waals surface area contributed by atoms with Crippen LogP contribution >= 0.6 is 0 Å². The van der Waals surface area contributed by atoms with Gasteiger partial charge in [0.05, 0.1) is 5.56 Å². The molecule has 0 aliphatic heterocycles. The maximum absolute atomic E-state index is 11.0. The number of rotatable bonds is 7. The minimum absolute atomic E-state index is 0.415. The van der Waals surface area contributed by atoms with Gasteiger partial charge in [-0.1, -0.05) is 32.0 Å². The molecule has 0 saturated heterocycles. The molecule has 2 N–H and O–H groups in total. The smallest absolute Gasteiger partial charge is 0.335 e. The highest BCUT2D eigenvalue weighted by atomic mass is 16.4. The number of carbonyl (C=O) groups is 1. The predicted molar refractivity (Wildman–Crippen MR) is 69.4 cm³/mol. The number of carboxylic acid groups (broad SMARTS) is 1. The molecule has 0 saturated carbocycles. The molecule has 1 aromatic rings. The Morgan fingerprint density at radius 1 is 1.29 bits per heavy atom. The fourth-order valence-corrected chi connectivity index (χ4v) is 1.69. The summed E-state index contributed by atoms with van der Waals surface area (Å²) < 4.78 is 0. The summed E-state index contributed by atoms with van der Waals surface area (Å²) in [6.45, 7) is 6.22. The van der Waals surface area contributed by atoms with Crippen LogP contribution in [0.25, 0.3) is 0 Å². The van der Waals surface area contributed by atoms with E-state index < -0.39 is 5.97 Å². The zero-order valence-electron chi connectivity index (χ0n) is 10.6. The van der Waals surface area contributed by atoms with Gasteiger partial charge in [0.2, 0.25) is 0 Å². The van der Waals surface area contributed by atoms with E-state index in [1.54, 1.807) is 12.1 Å². The molecule has 0 radical (unpaired) electrons. The summed E-state index contributed by atoms with van der Waals surface area (Å²) in [6.07, 6.45) is 1.92. The number of hydrogen-bond acceptors (Lipinski definition) is 2. The van der Waals surface area contributed by atoms with Crippen molar-refractivity contribution in [3.05, 3.63) is 35.4 Å². The number of nitrogens with one attached hydrogen (secondary N) is 1. The average molecular weight is 235 g/mol. The molecular formula is C14H21NO2. The van der Waals surface area contributed by atoms with E-state index in [2.05, 4.69) is 19.2 Å². The number of hydrogen-bond donors (Lipinski definition) is 2. The third-order valence-corrected chi connectivity index (χ3v) is 2.72. The highest BCUT2D eigenvalue weighted by Crippen LogP contribution is 2.09. The molecule has 0 amide bonds. The molecule has 3 heteroatoms. The highest BCUT2D eigenvalue weighted by Gasteiger charge is 2.07. The van der Waals surface area contributed by atoms with E-state index in [1.807, 2.05) is 12.1 Å². The Morgan fingerprint density at radius 3 is 2.65 bits per heavy atom. The third-order valence-electron chi connectivity index (χ3n) is 2.72. The molecule has 1 rings (SSSR count). The number of aromatic carboxylic acids is 1. The van der Waals surface area contributed by atoms with Crippen LogP contribution in [0.2, 0.25) is 0 Å². The van der Waals surface area contributed by atoms with Gasteiger partial charge < -0.3 is 10.4 Å². The van der Waals surface area contributed by atoms with Crippen LogP contribution in [-0.2, 0) is 6.42 Å². The average Bonchev–Trinajstić information content (AvgIpc) is 2.28. The molecule has 0 spiro atoms. The van der Waals surface area contributed by atoms with Crippen molar-refractivity contribution in [3.8, 4) is 0 Å². The summed E-state index contributed by atoms with van der Waals surface area (Å²) >= 11 is 0. The lowest BCUT2D eigenvalue weighted by molar-refractivity contribution is 0.0695. The van der Waals surface area contributed by atoms with E-state index in [4.69, 9.17) is 5.11 Å². The zero-order chi connectivity index (χ0) is 12.7. The van der Waals surface area contributed by atoms with E-state index in [1.165, 1.54) is 0 Å². The van der Waals surface area contributed by atoms with Crippen LogP contribution in [0.4, 0.5) is 0 Å². The minimum atomic E-state index is -0.845. The van der Waals surface area contributed by atoms with Gasteiger partial charge in [-0.3, -0.25) is 0 Å². The molecule has 0 atom stereocenters. The van der Waals surface area contributed by atoms with Crippen LogP contribution in [0.1, 0.15) is 36.2 Å². The first-order valence-electron chi connectivity index (χ1n) is 6.13. The number of benzene rings is 1. The van der Waals surface area contributed by atoms with Crippen molar-refractivity contribution in [3.63, 3.8) is 0 Å². The first-order chi connectivity index (χ1) is 8.11. The summed E-state index contributed by atoms with van der Waals surface area (Å²) in [5.74, 6) is -0.142. The Labute approximate surface area is 103 Å². The molecular weight excluding hydrogens is 214 g/mol. The van der Waals surface area contributed by atoms with Gasteiger partial charge in [0.25, 0.3) is 0 Å². The summed E-state index contributed by atoms with van der Waals surface area (Å²) in [4.78, 5) is 11.0. The second-order valence-corrected chi connectivity index (χ2v) is 4.64. The zero-order valence-corrected chi connectivity index (χ0v) is 10.6. The van der Waals surface area contributed by atoms with Crippen molar-refractivity contribution >= 4 is 5.97 Å². The quantitative estimate of drug-likeness (QED) is 0.714. The van der Waals surface area contributed by atoms with Crippen LogP contribution in [-0.4, -0.2) is 24.2 Å². The molecule has 3 nitrogen and oxygen atoms in total. The van der Waals surface area contributed by atoms with Gasteiger partial charge in [0.1, 0.15) is 0 Å². The summed E-state index contributed by atoms with van der Waals surface area (Å²) in [5.41, 5.74) is 1.32. The molecule has 0 fully saturated rings. The second-order valence-electron chi connectivity index (χ2n) is 4.64. The van der Waals surface area contributed by atoms with Crippen LogP contribution in [0.5, 0.6) is 0 Å². The Kier molecular flexibility index (Phi) is 5.70. The molecule has 0 aromatic heterocycles. The van der Waals surface area contributed by atoms with Crippen molar-refractivity contribution in [1.29, 1.82) is 0 Å². The lowest BCUT2D eigenvalue weighted by atomic mass is 10.0. The van der Waals surface area contributed by atoms with Gasteiger partial charge in [-0.05, 0) is 43.5 Å². The fourth-order valence-electron chi connectivity index (χ4n) is 1.69. The summed E-state index contributed by atoms with van der Waals surface area (Å²) in [7, 11) is 0. The second kappa shape index (κ2) is 7.07. The largest absolute Gasteiger partial charge is 0.478 e. The van der Waals surface area contributed by atoms with E-state index >= 15 is 0 Å². The van der Waals surface area contributed by atoms with Crippen LogP contribution in [0.3, 0.4) is 0 Å². The molecule has 0 bridgehead atoms. The van der Waals surface area contributed by atoms with Gasteiger partial charge in [-0.15, -0.1) is 0 Å². The van der Waals surface area contributed by atoms with Crippen molar-refractivity contribution in [2.45, 2.75) is 26.7 Å². The third kappa shape index (κ3) is 5.00. The number of carboxylic acids is 1. The molecule has 1 aromatic carbocycles. The standard InChI is InChI=1S/C14H21NO2/c1-11(2)7-9-15-10-8-12-5-3-4-6-13(12)14(16)17/h3-6,11,15H,7-10H2,1-2H3,(H,16,17). The van der Waals surface area contributed by atoms with E-state index in [0.717, 1.165) is 31.5 Å². The molecule has 0 heterocycles. The predicted octanol–water partition coefficient (Wildman–Crippen LogP) is 2.56. The normalized spacial score (nSPS) is 10.8. The lowest BCUT2D eigenvalue weighted by Gasteiger charge is -2.08. The topological polar surface area (TPSA) is 49.3 Å². The van der Waals surface area contributed by atoms with Crippen molar-refractivity contribution in [2.24, 2.45) is 5.92 Å². The monoisotopic (exact) mass is 235 g/mol. The Hall–Kier alpha value is -1.35. The molecule has 0 aliphatic carbocycles. The summed E-state index contributed by atoms with van der Waals surface area (Å²) in [5, 5.41) is 12.4. The van der Waals surface area contributed by atoms with Crippen molar-refractivity contribution in [1.82, 2.24) is 5.32 Å². The minimum Gasteiger partial charge on any atom is -0.478 e. The van der Waals surface area contributed by atoms with E-state index in [0.29, 0.717) is 11.5 Å². The molecule has 0 unspecified atom stereocenters. The molecule has 17 heavy (non-hydrogen) atoms. The Morgan fingerprint density at radius 2 is 2.00 bits per heavy atom. The Balaban J connectivity index is 2.39. The van der Waals surface area contributed by atoms with Crippen LogP contribution in [0.15, 0.2) is 24.3 Å². The molecule has 0 aliphatic rings. The first-order valence-corrected chi connectivity index (χ1v) is 6.13. The van der Waals surface area contributed by atoms with Gasteiger partial charge >= 0.3 is 5.97 Å². The van der Waals surface area contributed by atoms with Gasteiger partial charge in [0.15, 0.2) is 0 Å². The van der Waals surface area contributed by atoms with Gasteiger partial charge in [0, 0.05) is 0 Å². The maximum atomic E-state index is 11.0. The SMILES string of the molecule is CC(C)CCNCCc1ccccc1C(=O)O. The maximum Gasteiger partial charge on any atom is 0.335 e. The van der Waals surface area contributed by atoms with Crippen molar-refractivity contribution in [2.75, 3.05) is 13.1 Å². The molecule has 94 valence electrons.